The molecule has 44 heavy (non-hydrogen) atoms. The summed E-state index contributed by atoms with van der Waals surface area (Å²) >= 11 is 6.56. The molecule has 2 saturated heterocycles. The second-order valence-electron chi connectivity index (χ2n) is 11.8. The molecule has 1 unspecified atom stereocenters. The molecule has 4 heterocycles. The van der Waals surface area contributed by atoms with E-state index in [9.17, 15) is 19.5 Å². The maximum atomic E-state index is 14.7. The highest BCUT2D eigenvalue weighted by Crippen LogP contribution is 2.55. The average molecular weight is 620 g/mol. The minimum Gasteiger partial charge on any atom is -0.494 e. The largest absolute Gasteiger partial charge is 0.494 e. The first-order valence-corrected chi connectivity index (χ1v) is 15.7. The van der Waals surface area contributed by atoms with E-state index in [4.69, 9.17) is 21.1 Å². The Morgan fingerprint density at radius 1 is 1.00 bits per heavy atom. The maximum Gasteiger partial charge on any atom is 0.253 e. The number of rotatable bonds is 8. The van der Waals surface area contributed by atoms with Gasteiger partial charge in [0.25, 0.3) is 5.91 Å². The van der Waals surface area contributed by atoms with Crippen molar-refractivity contribution in [3.8, 4) is 5.75 Å². The molecule has 0 saturated carbocycles. The molecule has 0 aromatic heterocycles. The topological polar surface area (TPSA) is 99.6 Å². The van der Waals surface area contributed by atoms with Gasteiger partial charge in [-0.2, -0.15) is 0 Å². The average Bonchev–Trinajstić information content (AvgIpc) is 3.34. The normalized spacial score (nSPS) is 29.2. The second kappa shape index (κ2) is 12.0. The van der Waals surface area contributed by atoms with Crippen molar-refractivity contribution in [3.63, 3.8) is 0 Å². The van der Waals surface area contributed by atoms with Gasteiger partial charge in [-0.3, -0.25) is 14.4 Å². The molecule has 6 rings (SSSR count). The summed E-state index contributed by atoms with van der Waals surface area (Å²) in [5.74, 6) is -2.24. The quantitative estimate of drug-likeness (QED) is 0.444. The molecular weight excluding hydrogens is 582 g/mol. The number of aliphatic hydroxyl groups excluding tert-OH is 1. The third-order valence-electron chi connectivity index (χ3n) is 9.54. The molecule has 3 amide bonds. The van der Waals surface area contributed by atoms with E-state index in [1.807, 2.05) is 63.3 Å². The number of benzene rings is 2. The van der Waals surface area contributed by atoms with E-state index >= 15 is 0 Å². The summed E-state index contributed by atoms with van der Waals surface area (Å²) in [6.45, 7) is 6.56. The lowest BCUT2D eigenvalue weighted by Gasteiger charge is -2.40. The van der Waals surface area contributed by atoms with E-state index in [1.54, 1.807) is 40.1 Å². The molecule has 2 fully saturated rings. The predicted molar refractivity (Wildman–Crippen MR) is 168 cm³/mol. The van der Waals surface area contributed by atoms with Gasteiger partial charge in [-0.05, 0) is 49.2 Å². The molecule has 4 aliphatic rings. The Labute approximate surface area is 262 Å². The lowest BCUT2D eigenvalue weighted by Crippen LogP contribution is -2.59. The van der Waals surface area contributed by atoms with Crippen LogP contribution in [0.2, 0.25) is 5.02 Å². The summed E-state index contributed by atoms with van der Waals surface area (Å²) in [4.78, 5) is 48.6. The Morgan fingerprint density at radius 2 is 1.73 bits per heavy atom. The fourth-order valence-corrected chi connectivity index (χ4v) is 7.49. The second-order valence-corrected chi connectivity index (χ2v) is 12.2. The predicted octanol–water partition coefficient (Wildman–Crippen LogP) is 4.23. The third kappa shape index (κ3) is 4.73. The fraction of sp³-hybridized carbons (Fsp3) is 0.441. The first-order valence-electron chi connectivity index (χ1n) is 15.3. The van der Waals surface area contributed by atoms with Crippen molar-refractivity contribution in [2.24, 2.45) is 17.8 Å². The van der Waals surface area contributed by atoms with Crippen molar-refractivity contribution < 1.29 is 29.0 Å². The SMILES string of the molecule is CCOc1ccc(N2CC=C[C@H]3O[C@]45C=CCN(c6ccccc6Cl)C(=O)C4N([C@@H](CO)[C@@H](C)CC)C(=O)[C@@H]5[C@H]3C2=O)cc1. The Hall–Kier alpha value is -3.66. The molecule has 0 radical (unpaired) electrons. The van der Waals surface area contributed by atoms with Crippen LogP contribution in [0, 0.1) is 17.8 Å². The molecule has 0 bridgehead atoms. The summed E-state index contributed by atoms with van der Waals surface area (Å²) in [5, 5.41) is 11.0. The lowest BCUT2D eigenvalue weighted by atomic mass is 9.77. The van der Waals surface area contributed by atoms with Gasteiger partial charge in [0.05, 0.1) is 47.9 Å². The smallest absolute Gasteiger partial charge is 0.253 e. The van der Waals surface area contributed by atoms with Crippen LogP contribution in [0.5, 0.6) is 5.75 Å². The fourth-order valence-electron chi connectivity index (χ4n) is 7.26. The van der Waals surface area contributed by atoms with Crippen LogP contribution in [0.3, 0.4) is 0 Å². The Morgan fingerprint density at radius 3 is 2.41 bits per heavy atom. The Balaban J connectivity index is 1.45. The number of anilines is 2. The van der Waals surface area contributed by atoms with Gasteiger partial charge in [0.15, 0.2) is 0 Å². The number of carbonyl (C=O) groups excluding carboxylic acids is 3. The third-order valence-corrected chi connectivity index (χ3v) is 9.86. The Bertz CT molecular complexity index is 1490. The summed E-state index contributed by atoms with van der Waals surface area (Å²) in [6, 6.07) is 12.6. The number of amides is 3. The number of fused-ring (bicyclic) bond motifs is 2. The van der Waals surface area contributed by atoms with Crippen molar-refractivity contribution in [1.29, 1.82) is 0 Å². The van der Waals surface area contributed by atoms with E-state index in [-0.39, 0.29) is 36.8 Å². The monoisotopic (exact) mass is 619 g/mol. The van der Waals surface area contributed by atoms with Crippen LogP contribution < -0.4 is 14.5 Å². The van der Waals surface area contributed by atoms with Crippen molar-refractivity contribution in [1.82, 2.24) is 4.90 Å². The molecule has 0 aliphatic carbocycles. The molecular formula is C34H38ClN3O6. The highest BCUT2D eigenvalue weighted by atomic mass is 35.5. The number of aliphatic hydroxyl groups is 1. The maximum absolute atomic E-state index is 14.7. The van der Waals surface area contributed by atoms with E-state index in [2.05, 4.69) is 0 Å². The summed E-state index contributed by atoms with van der Waals surface area (Å²) in [7, 11) is 0. The van der Waals surface area contributed by atoms with E-state index in [1.165, 1.54) is 4.90 Å². The van der Waals surface area contributed by atoms with Gasteiger partial charge in [0.1, 0.15) is 17.4 Å². The zero-order valence-electron chi connectivity index (χ0n) is 25.1. The van der Waals surface area contributed by atoms with Crippen molar-refractivity contribution in [3.05, 3.63) is 77.9 Å². The van der Waals surface area contributed by atoms with Gasteiger partial charge >= 0.3 is 0 Å². The first-order chi connectivity index (χ1) is 21.3. The van der Waals surface area contributed by atoms with Crippen LogP contribution in [0.25, 0.3) is 0 Å². The highest BCUT2D eigenvalue weighted by molar-refractivity contribution is 6.34. The minimum atomic E-state index is -1.41. The first kappa shape index (κ1) is 30.4. The van der Waals surface area contributed by atoms with Gasteiger partial charge in [0.2, 0.25) is 11.8 Å². The number of hydrogen-bond acceptors (Lipinski definition) is 6. The van der Waals surface area contributed by atoms with Gasteiger partial charge in [-0.1, -0.05) is 68.3 Å². The van der Waals surface area contributed by atoms with Gasteiger partial charge in [0, 0.05) is 18.8 Å². The number of likely N-dealkylation sites (tertiary alicyclic amines) is 1. The summed E-state index contributed by atoms with van der Waals surface area (Å²) in [5.41, 5.74) is -0.221. The summed E-state index contributed by atoms with van der Waals surface area (Å²) < 4.78 is 12.4. The molecule has 232 valence electrons. The van der Waals surface area contributed by atoms with Gasteiger partial charge in [-0.25, -0.2) is 0 Å². The van der Waals surface area contributed by atoms with E-state index in [0.717, 1.165) is 0 Å². The standard InChI is InChI=1S/C34H38ClN3O6/c1-4-21(3)26(20-39)38-30-33(42)37(25-11-7-6-10-24(25)35)19-9-17-34(30)29(32(38)41)28-27(44-34)12-8-18-36(31(28)40)22-13-15-23(16-14-22)43-5-2/h6-17,21,26-30,39H,4-5,18-20H2,1-3H3/t21-,26-,27+,28-,29-,30?,34-/m0/s1. The van der Waals surface area contributed by atoms with Crippen LogP contribution in [-0.4, -0.2) is 77.8 Å². The van der Waals surface area contributed by atoms with E-state index < -0.39 is 35.6 Å². The number of para-hydroxylation sites is 1. The van der Waals surface area contributed by atoms with Crippen LogP contribution in [-0.2, 0) is 19.1 Å². The Kier molecular flexibility index (Phi) is 8.30. The molecule has 7 atom stereocenters. The molecule has 2 aromatic carbocycles. The van der Waals surface area contributed by atoms with Gasteiger partial charge in [-0.15, -0.1) is 0 Å². The highest BCUT2D eigenvalue weighted by Gasteiger charge is 2.72. The number of carbonyl (C=O) groups is 3. The minimum absolute atomic E-state index is 0.116. The molecule has 1 spiro atoms. The molecule has 9 nitrogen and oxygen atoms in total. The van der Waals surface area contributed by atoms with Crippen LogP contribution in [0.4, 0.5) is 11.4 Å². The number of halogens is 1. The van der Waals surface area contributed by atoms with Crippen molar-refractivity contribution in [2.45, 2.75) is 51.0 Å². The molecule has 1 N–H and O–H groups in total. The van der Waals surface area contributed by atoms with Crippen LogP contribution in [0.1, 0.15) is 27.2 Å². The molecule has 4 aliphatic heterocycles. The van der Waals surface area contributed by atoms with Crippen molar-refractivity contribution in [2.75, 3.05) is 36.1 Å². The zero-order valence-corrected chi connectivity index (χ0v) is 25.9. The van der Waals surface area contributed by atoms with Crippen LogP contribution in [0.15, 0.2) is 72.8 Å². The molecule has 2 aromatic rings. The van der Waals surface area contributed by atoms with E-state index in [0.29, 0.717) is 41.7 Å². The lowest BCUT2D eigenvalue weighted by molar-refractivity contribution is -0.145. The molecule has 10 heteroatoms. The number of hydrogen-bond donors (Lipinski definition) is 1. The summed E-state index contributed by atoms with van der Waals surface area (Å²) in [6.07, 6.45) is 7.31. The van der Waals surface area contributed by atoms with Crippen molar-refractivity contribution >= 4 is 40.7 Å². The zero-order chi connectivity index (χ0) is 31.2. The van der Waals surface area contributed by atoms with Gasteiger partial charge < -0.3 is 29.3 Å². The van der Waals surface area contributed by atoms with Crippen LogP contribution >= 0.6 is 11.6 Å². The number of ether oxygens (including phenoxy) is 2. The number of nitrogens with zero attached hydrogens (tertiary/aromatic N) is 3.